The summed E-state index contributed by atoms with van der Waals surface area (Å²) in [5.41, 5.74) is 0.999. The maximum Gasteiger partial charge on any atom is 0.336 e. The number of aryl methyl sites for hydroxylation is 1. The Morgan fingerprint density at radius 1 is 1.10 bits per heavy atom. The van der Waals surface area contributed by atoms with E-state index < -0.39 is 6.10 Å². The smallest absolute Gasteiger partial charge is 0.336 e. The van der Waals surface area contributed by atoms with Crippen LogP contribution in [0.3, 0.4) is 0 Å². The third-order valence-electron chi connectivity index (χ3n) is 6.30. The molecule has 2 aromatic rings. The first kappa shape index (κ1) is 20.0. The second-order valence-electron chi connectivity index (χ2n) is 8.32. The Bertz CT molecular complexity index is 924. The van der Waals surface area contributed by atoms with E-state index in [0.717, 1.165) is 37.1 Å². The van der Waals surface area contributed by atoms with Crippen molar-refractivity contribution < 1.29 is 13.9 Å². The largest absolute Gasteiger partial charge is 0.481 e. The molecule has 1 amide bonds. The van der Waals surface area contributed by atoms with E-state index >= 15 is 0 Å². The highest BCUT2D eigenvalue weighted by Crippen LogP contribution is 2.25. The standard InChI is InChI=1S/C23H30N2O4/c1-16-14-22(26)29-21-9-8-19(15-20(16)21)28-17(2)23(27)25-12-10-24(11-13-25)18-6-4-3-5-7-18/h8-9,14-15,17-18H,3-7,10-13H2,1-2H3. The average molecular weight is 399 g/mol. The molecule has 2 fully saturated rings. The predicted octanol–water partition coefficient (Wildman–Crippen LogP) is 3.35. The Morgan fingerprint density at radius 3 is 2.55 bits per heavy atom. The highest BCUT2D eigenvalue weighted by Gasteiger charge is 2.29. The number of carbonyl (C=O) groups excluding carboxylic acids is 1. The Kier molecular flexibility index (Phi) is 5.90. The first-order valence-electron chi connectivity index (χ1n) is 10.8. The number of benzene rings is 1. The quantitative estimate of drug-likeness (QED) is 0.739. The summed E-state index contributed by atoms with van der Waals surface area (Å²) < 4.78 is 11.2. The maximum absolute atomic E-state index is 12.9. The first-order valence-corrected chi connectivity index (χ1v) is 10.8. The minimum Gasteiger partial charge on any atom is -0.481 e. The van der Waals surface area contributed by atoms with Gasteiger partial charge in [0.1, 0.15) is 11.3 Å². The second-order valence-corrected chi connectivity index (χ2v) is 8.32. The van der Waals surface area contributed by atoms with Crippen LogP contribution in [-0.4, -0.2) is 54.0 Å². The summed E-state index contributed by atoms with van der Waals surface area (Å²) >= 11 is 0. The lowest BCUT2D eigenvalue weighted by Gasteiger charge is -2.41. The SMILES string of the molecule is Cc1cc(=O)oc2ccc(OC(C)C(=O)N3CCN(C4CCCCC4)CC3)cc12. The molecule has 29 heavy (non-hydrogen) atoms. The summed E-state index contributed by atoms with van der Waals surface area (Å²) in [5, 5.41) is 0.822. The lowest BCUT2D eigenvalue weighted by molar-refractivity contribution is -0.140. The summed E-state index contributed by atoms with van der Waals surface area (Å²) in [6, 6.07) is 7.47. The number of fused-ring (bicyclic) bond motifs is 1. The minimum atomic E-state index is -0.551. The molecule has 2 heterocycles. The Morgan fingerprint density at radius 2 is 1.83 bits per heavy atom. The Labute approximate surface area is 171 Å². The van der Waals surface area contributed by atoms with Crippen LogP contribution in [0.2, 0.25) is 0 Å². The molecule has 2 aliphatic rings. The number of amides is 1. The van der Waals surface area contributed by atoms with Gasteiger partial charge in [-0.3, -0.25) is 9.69 Å². The molecule has 1 atom stereocenters. The van der Waals surface area contributed by atoms with Crippen LogP contribution in [0.4, 0.5) is 0 Å². The number of hydrogen-bond acceptors (Lipinski definition) is 5. The third kappa shape index (κ3) is 4.47. The van der Waals surface area contributed by atoms with Crippen molar-refractivity contribution >= 4 is 16.9 Å². The molecule has 0 spiro atoms. The van der Waals surface area contributed by atoms with Crippen molar-refractivity contribution in [2.24, 2.45) is 0 Å². The van der Waals surface area contributed by atoms with Crippen LogP contribution in [0.25, 0.3) is 11.0 Å². The van der Waals surface area contributed by atoms with Crippen molar-refractivity contribution in [2.75, 3.05) is 26.2 Å². The Hall–Kier alpha value is -2.34. The van der Waals surface area contributed by atoms with Gasteiger partial charge in [-0.15, -0.1) is 0 Å². The molecule has 6 heteroatoms. The van der Waals surface area contributed by atoms with Crippen LogP contribution in [0.15, 0.2) is 33.5 Å². The molecule has 0 radical (unpaired) electrons. The number of nitrogens with zero attached hydrogens (tertiary/aromatic N) is 2. The average Bonchev–Trinajstić information content (AvgIpc) is 2.74. The van der Waals surface area contributed by atoms with Gasteiger partial charge in [-0.05, 0) is 50.5 Å². The van der Waals surface area contributed by atoms with Crippen molar-refractivity contribution in [3.63, 3.8) is 0 Å². The maximum atomic E-state index is 12.9. The summed E-state index contributed by atoms with van der Waals surface area (Å²) in [6.07, 6.45) is 6.09. The molecule has 0 N–H and O–H groups in total. The van der Waals surface area contributed by atoms with E-state index in [2.05, 4.69) is 4.90 Å². The molecular formula is C23H30N2O4. The van der Waals surface area contributed by atoms with Gasteiger partial charge in [-0.1, -0.05) is 19.3 Å². The number of rotatable bonds is 4. The molecule has 0 bridgehead atoms. The molecule has 1 aliphatic heterocycles. The van der Waals surface area contributed by atoms with E-state index in [9.17, 15) is 9.59 Å². The summed E-state index contributed by atoms with van der Waals surface area (Å²) in [4.78, 5) is 28.9. The second kappa shape index (κ2) is 8.57. The van der Waals surface area contributed by atoms with Gasteiger partial charge in [-0.2, -0.15) is 0 Å². The van der Waals surface area contributed by atoms with Crippen LogP contribution in [0.1, 0.15) is 44.6 Å². The molecular weight excluding hydrogens is 368 g/mol. The van der Waals surface area contributed by atoms with Gasteiger partial charge in [0.25, 0.3) is 5.91 Å². The van der Waals surface area contributed by atoms with E-state index in [1.165, 1.54) is 38.2 Å². The molecule has 4 rings (SSSR count). The zero-order valence-corrected chi connectivity index (χ0v) is 17.4. The third-order valence-corrected chi connectivity index (χ3v) is 6.30. The van der Waals surface area contributed by atoms with E-state index in [4.69, 9.17) is 9.15 Å². The van der Waals surface area contributed by atoms with Crippen molar-refractivity contribution in [2.45, 2.75) is 58.1 Å². The summed E-state index contributed by atoms with van der Waals surface area (Å²) in [6.45, 7) is 7.12. The molecule has 6 nitrogen and oxygen atoms in total. The van der Waals surface area contributed by atoms with Gasteiger partial charge in [0, 0.05) is 43.7 Å². The molecule has 1 aromatic heterocycles. The molecule has 1 saturated heterocycles. The van der Waals surface area contributed by atoms with Crippen LogP contribution in [-0.2, 0) is 4.79 Å². The van der Waals surface area contributed by atoms with E-state index in [1.54, 1.807) is 19.1 Å². The topological polar surface area (TPSA) is 63.0 Å². The summed E-state index contributed by atoms with van der Waals surface area (Å²) in [5.74, 6) is 0.640. The van der Waals surface area contributed by atoms with Crippen LogP contribution in [0.5, 0.6) is 5.75 Å². The van der Waals surface area contributed by atoms with Gasteiger partial charge in [0.2, 0.25) is 0 Å². The first-order chi connectivity index (χ1) is 14.0. The van der Waals surface area contributed by atoms with Crippen molar-refractivity contribution in [3.05, 3.63) is 40.2 Å². The molecule has 1 unspecified atom stereocenters. The van der Waals surface area contributed by atoms with Gasteiger partial charge in [-0.25, -0.2) is 4.79 Å². The van der Waals surface area contributed by atoms with Gasteiger partial charge in [0.15, 0.2) is 6.10 Å². The van der Waals surface area contributed by atoms with Gasteiger partial charge in [0.05, 0.1) is 0 Å². The predicted molar refractivity (Wildman–Crippen MR) is 112 cm³/mol. The van der Waals surface area contributed by atoms with E-state index in [-0.39, 0.29) is 11.5 Å². The monoisotopic (exact) mass is 398 g/mol. The Balaban J connectivity index is 1.36. The van der Waals surface area contributed by atoms with Gasteiger partial charge < -0.3 is 14.1 Å². The minimum absolute atomic E-state index is 0.0321. The van der Waals surface area contributed by atoms with Gasteiger partial charge >= 0.3 is 5.63 Å². The normalized spacial score (nSPS) is 20.0. The number of hydrogen-bond donors (Lipinski definition) is 0. The number of ether oxygens (including phenoxy) is 1. The van der Waals surface area contributed by atoms with Crippen LogP contribution < -0.4 is 10.4 Å². The fourth-order valence-electron chi connectivity index (χ4n) is 4.64. The fourth-order valence-corrected chi connectivity index (χ4v) is 4.64. The zero-order chi connectivity index (χ0) is 20.4. The van der Waals surface area contributed by atoms with E-state index in [0.29, 0.717) is 17.4 Å². The number of piperazine rings is 1. The lowest BCUT2D eigenvalue weighted by atomic mass is 9.94. The molecule has 1 saturated carbocycles. The molecule has 156 valence electrons. The lowest BCUT2D eigenvalue weighted by Crippen LogP contribution is -2.54. The molecule has 1 aromatic carbocycles. The van der Waals surface area contributed by atoms with Crippen LogP contribution in [0, 0.1) is 6.92 Å². The highest BCUT2D eigenvalue weighted by molar-refractivity contribution is 5.83. The zero-order valence-electron chi connectivity index (χ0n) is 17.4. The van der Waals surface area contributed by atoms with Crippen molar-refractivity contribution in [1.29, 1.82) is 0 Å². The summed E-state index contributed by atoms with van der Waals surface area (Å²) in [7, 11) is 0. The van der Waals surface area contributed by atoms with Crippen molar-refractivity contribution in [3.8, 4) is 5.75 Å². The molecule has 1 aliphatic carbocycles. The van der Waals surface area contributed by atoms with Crippen molar-refractivity contribution in [1.82, 2.24) is 9.80 Å². The van der Waals surface area contributed by atoms with Crippen LogP contribution >= 0.6 is 0 Å². The highest BCUT2D eigenvalue weighted by atomic mass is 16.5. The van der Waals surface area contributed by atoms with E-state index in [1.807, 2.05) is 17.9 Å². The fraction of sp³-hybridized carbons (Fsp3) is 0.565. The number of carbonyl (C=O) groups is 1.